The maximum Gasteiger partial charge on any atom is 0.259 e. The molecule has 8 heteroatoms. The van der Waals surface area contributed by atoms with Crippen LogP contribution >= 0.6 is 11.3 Å². The number of aromatic nitrogens is 1. The summed E-state index contributed by atoms with van der Waals surface area (Å²) in [6.07, 6.45) is 1.79. The van der Waals surface area contributed by atoms with E-state index in [1.165, 1.54) is 11.3 Å². The van der Waals surface area contributed by atoms with Crippen LogP contribution in [0.25, 0.3) is 32.1 Å². The second-order valence-electron chi connectivity index (χ2n) is 8.55. The first-order valence-corrected chi connectivity index (χ1v) is 12.0. The van der Waals surface area contributed by atoms with Gasteiger partial charge in [0.25, 0.3) is 11.8 Å². The maximum atomic E-state index is 14.0. The fourth-order valence-corrected chi connectivity index (χ4v) is 5.54. The first-order valence-electron chi connectivity index (χ1n) is 11.1. The van der Waals surface area contributed by atoms with Gasteiger partial charge in [0.2, 0.25) is 0 Å². The molecule has 178 valence electrons. The van der Waals surface area contributed by atoms with Gasteiger partial charge in [0.15, 0.2) is 11.6 Å². The second-order valence-corrected chi connectivity index (χ2v) is 9.46. The van der Waals surface area contributed by atoms with Gasteiger partial charge in [-0.3, -0.25) is 14.9 Å². The number of hydrogen-bond donors (Lipinski definition) is 1. The minimum absolute atomic E-state index is 0.147. The van der Waals surface area contributed by atoms with E-state index < -0.39 is 23.4 Å². The van der Waals surface area contributed by atoms with Gasteiger partial charge in [0.05, 0.1) is 16.7 Å². The highest BCUT2D eigenvalue weighted by atomic mass is 32.1. The summed E-state index contributed by atoms with van der Waals surface area (Å²) >= 11 is 1.18. The summed E-state index contributed by atoms with van der Waals surface area (Å²) in [6.45, 7) is 0.415. The minimum Gasteiger partial charge on any atom is -0.489 e. The van der Waals surface area contributed by atoms with Crippen LogP contribution in [0.15, 0.2) is 72.2 Å². The van der Waals surface area contributed by atoms with Crippen molar-refractivity contribution in [3.63, 3.8) is 0 Å². The number of carbonyl (C=O) groups is 2. The molecule has 36 heavy (non-hydrogen) atoms. The standard InChI is InChI=1S/C28H18F2N2O3S/c1-32-12-19(17-8-7-16(9-23(17)32)35-13-15-5-3-2-4-6-15)25-26(28(34)31-27(25)33)20-14-36-24-11-22(30)21(29)10-18(20)24/h2-12,14H,13H2,1H3,(H,31,33,34). The molecule has 1 aliphatic heterocycles. The van der Waals surface area contributed by atoms with Crippen molar-refractivity contribution in [3.8, 4) is 5.75 Å². The van der Waals surface area contributed by atoms with Crippen LogP contribution in [-0.2, 0) is 23.2 Å². The zero-order valence-electron chi connectivity index (χ0n) is 19.0. The van der Waals surface area contributed by atoms with Gasteiger partial charge >= 0.3 is 0 Å². The molecule has 0 saturated heterocycles. The fourth-order valence-electron chi connectivity index (χ4n) is 4.58. The number of carbonyl (C=O) groups excluding carboxylic acids is 2. The number of benzene rings is 3. The summed E-state index contributed by atoms with van der Waals surface area (Å²) in [6, 6.07) is 17.5. The van der Waals surface area contributed by atoms with Crippen molar-refractivity contribution in [2.45, 2.75) is 6.61 Å². The van der Waals surface area contributed by atoms with Crippen LogP contribution < -0.4 is 10.1 Å². The van der Waals surface area contributed by atoms with Crippen LogP contribution in [0.5, 0.6) is 5.75 Å². The minimum atomic E-state index is -1.01. The van der Waals surface area contributed by atoms with Crippen molar-refractivity contribution in [2.75, 3.05) is 0 Å². The van der Waals surface area contributed by atoms with Crippen molar-refractivity contribution in [2.24, 2.45) is 7.05 Å². The lowest BCUT2D eigenvalue weighted by molar-refractivity contribution is -0.122. The van der Waals surface area contributed by atoms with E-state index in [1.807, 2.05) is 60.1 Å². The summed E-state index contributed by atoms with van der Waals surface area (Å²) in [4.78, 5) is 25.9. The van der Waals surface area contributed by atoms with E-state index in [-0.39, 0.29) is 11.1 Å². The molecule has 0 radical (unpaired) electrons. The van der Waals surface area contributed by atoms with E-state index >= 15 is 0 Å². The quantitative estimate of drug-likeness (QED) is 0.310. The zero-order valence-corrected chi connectivity index (χ0v) is 19.8. The van der Waals surface area contributed by atoms with Crippen LogP contribution in [0.2, 0.25) is 0 Å². The van der Waals surface area contributed by atoms with Gasteiger partial charge in [-0.25, -0.2) is 8.78 Å². The normalized spacial score (nSPS) is 13.8. The molecule has 6 rings (SSSR count). The first kappa shape index (κ1) is 22.2. The Labute approximate surface area is 208 Å². The third kappa shape index (κ3) is 3.58. The molecule has 3 aromatic carbocycles. The highest BCUT2D eigenvalue weighted by molar-refractivity contribution is 7.17. The average molecular weight is 501 g/mol. The molecule has 0 unspecified atom stereocenters. The number of hydrogen-bond acceptors (Lipinski definition) is 4. The summed E-state index contributed by atoms with van der Waals surface area (Å²) < 4.78 is 36.1. The van der Waals surface area contributed by atoms with Gasteiger partial charge < -0.3 is 9.30 Å². The second kappa shape index (κ2) is 8.42. The number of thiophene rings is 1. The van der Waals surface area contributed by atoms with Crippen molar-refractivity contribution in [1.29, 1.82) is 0 Å². The Balaban J connectivity index is 1.46. The van der Waals surface area contributed by atoms with Crippen LogP contribution in [0.4, 0.5) is 8.78 Å². The van der Waals surface area contributed by atoms with E-state index in [2.05, 4.69) is 5.32 Å². The van der Waals surface area contributed by atoms with Gasteiger partial charge in [-0.2, -0.15) is 0 Å². The number of nitrogens with one attached hydrogen (secondary N) is 1. The molecule has 0 atom stereocenters. The first-order chi connectivity index (χ1) is 17.4. The SMILES string of the molecule is Cn1cc(C2=C(c3csc4cc(F)c(F)cc34)C(=O)NC2=O)c2ccc(OCc3ccccc3)cc21. The van der Waals surface area contributed by atoms with Gasteiger partial charge in [-0.1, -0.05) is 30.3 Å². The number of aryl methyl sites for hydroxylation is 1. The Morgan fingerprint density at radius 3 is 2.39 bits per heavy atom. The lowest BCUT2D eigenvalue weighted by atomic mass is 9.95. The molecule has 0 aliphatic carbocycles. The molecule has 5 aromatic rings. The van der Waals surface area contributed by atoms with Gasteiger partial charge in [-0.15, -0.1) is 11.3 Å². The number of amides is 2. The maximum absolute atomic E-state index is 14.0. The van der Waals surface area contributed by atoms with Crippen LogP contribution in [-0.4, -0.2) is 16.4 Å². The molecule has 1 N–H and O–H groups in total. The predicted octanol–water partition coefficient (Wildman–Crippen LogP) is 5.82. The van der Waals surface area contributed by atoms with Gasteiger partial charge in [-0.05, 0) is 29.8 Å². The lowest BCUT2D eigenvalue weighted by Gasteiger charge is -2.07. The molecule has 2 aromatic heterocycles. The number of rotatable bonds is 5. The summed E-state index contributed by atoms with van der Waals surface area (Å²) in [5, 5.41) is 5.16. The van der Waals surface area contributed by atoms with E-state index in [1.54, 1.807) is 11.6 Å². The summed E-state index contributed by atoms with van der Waals surface area (Å²) in [5.41, 5.74) is 3.18. The van der Waals surface area contributed by atoms with E-state index in [0.717, 1.165) is 28.6 Å². The Bertz CT molecular complexity index is 1730. The fraction of sp³-hybridized carbons (Fsp3) is 0.0714. The highest BCUT2D eigenvalue weighted by Crippen LogP contribution is 2.41. The van der Waals surface area contributed by atoms with Crippen LogP contribution in [0.1, 0.15) is 16.7 Å². The van der Waals surface area contributed by atoms with E-state index in [0.29, 0.717) is 33.6 Å². The number of ether oxygens (including phenoxy) is 1. The van der Waals surface area contributed by atoms with E-state index in [4.69, 9.17) is 4.74 Å². The van der Waals surface area contributed by atoms with Crippen LogP contribution in [0, 0.1) is 11.6 Å². The Kier molecular flexibility index (Phi) is 5.19. The molecule has 0 fully saturated rings. The van der Waals surface area contributed by atoms with Crippen molar-refractivity contribution in [3.05, 3.63) is 101 Å². The molecule has 5 nitrogen and oxygen atoms in total. The number of imide groups is 1. The average Bonchev–Trinajstić information content (AvgIpc) is 3.51. The monoisotopic (exact) mass is 500 g/mol. The molecule has 1 aliphatic rings. The molecule has 0 spiro atoms. The number of nitrogens with zero attached hydrogens (tertiary/aromatic N) is 1. The summed E-state index contributed by atoms with van der Waals surface area (Å²) in [7, 11) is 1.85. The Hall–Kier alpha value is -4.30. The number of halogens is 2. The molecule has 2 amide bonds. The molecule has 3 heterocycles. The van der Waals surface area contributed by atoms with E-state index in [9.17, 15) is 18.4 Å². The highest BCUT2D eigenvalue weighted by Gasteiger charge is 2.35. The molecular formula is C28H18F2N2O3S. The zero-order chi connectivity index (χ0) is 25.0. The largest absolute Gasteiger partial charge is 0.489 e. The van der Waals surface area contributed by atoms with Crippen molar-refractivity contribution < 1.29 is 23.1 Å². The van der Waals surface area contributed by atoms with Crippen molar-refractivity contribution >= 4 is 55.3 Å². The molecule has 0 bridgehead atoms. The van der Waals surface area contributed by atoms with Crippen molar-refractivity contribution in [1.82, 2.24) is 9.88 Å². The molecular weight excluding hydrogens is 482 g/mol. The third-order valence-corrected chi connectivity index (χ3v) is 7.24. The summed E-state index contributed by atoms with van der Waals surface area (Å²) in [5.74, 6) is -2.41. The lowest BCUT2D eigenvalue weighted by Crippen LogP contribution is -2.22. The third-order valence-electron chi connectivity index (χ3n) is 6.30. The predicted molar refractivity (Wildman–Crippen MR) is 135 cm³/mol. The van der Waals surface area contributed by atoms with Crippen LogP contribution in [0.3, 0.4) is 0 Å². The smallest absolute Gasteiger partial charge is 0.259 e. The Morgan fingerprint density at radius 1 is 0.889 bits per heavy atom. The number of fused-ring (bicyclic) bond motifs is 2. The Morgan fingerprint density at radius 2 is 1.61 bits per heavy atom. The van der Waals surface area contributed by atoms with Gasteiger partial charge in [0.1, 0.15) is 12.4 Å². The topological polar surface area (TPSA) is 60.3 Å². The van der Waals surface area contributed by atoms with Gasteiger partial charge in [0, 0.05) is 51.3 Å². The molecule has 0 saturated carbocycles.